The second kappa shape index (κ2) is 6.27. The molecule has 0 saturated carbocycles. The first-order valence-corrected chi connectivity index (χ1v) is 6.60. The Morgan fingerprint density at radius 2 is 2.00 bits per heavy atom. The van der Waals surface area contributed by atoms with Gasteiger partial charge < -0.3 is 9.47 Å². The minimum Gasteiger partial charge on any atom is -0.455 e. The predicted octanol–water partition coefficient (Wildman–Crippen LogP) is 1.96. The van der Waals surface area contributed by atoms with Gasteiger partial charge in [0.15, 0.2) is 6.04 Å². The van der Waals surface area contributed by atoms with Crippen molar-refractivity contribution in [1.82, 2.24) is 4.90 Å². The number of likely N-dealkylation sites (tertiary alicyclic amines) is 1. The molecule has 0 aromatic heterocycles. The lowest BCUT2D eigenvalue weighted by molar-refractivity contribution is 0.0260. The van der Waals surface area contributed by atoms with Crippen molar-refractivity contribution in [3.63, 3.8) is 0 Å². The normalized spacial score (nSPS) is 24.2. The number of nitrogens with zero attached hydrogens (tertiary/aromatic N) is 2. The molecule has 2 rings (SSSR count). The summed E-state index contributed by atoms with van der Waals surface area (Å²) in [6.45, 7) is 1.79. The summed E-state index contributed by atoms with van der Waals surface area (Å²) in [5.41, 5.74) is 0.415. The third-order valence-electron chi connectivity index (χ3n) is 3.49. The standard InChI is InChI=1S/C15H16N2O4/c1-10-8-13(12(9-16)17(10)15(19)20-2)21-14(18)11-6-4-3-5-7-11/h3-7,10,12-13H,8H2,1-2H3/t10-,12+,13-/m1/s1. The molecule has 1 amide bonds. The summed E-state index contributed by atoms with van der Waals surface area (Å²) < 4.78 is 10.1. The molecular formula is C15H16N2O4. The smallest absolute Gasteiger partial charge is 0.410 e. The topological polar surface area (TPSA) is 79.6 Å². The second-order valence-electron chi connectivity index (χ2n) is 4.85. The van der Waals surface area contributed by atoms with Crippen molar-refractivity contribution in [3.05, 3.63) is 35.9 Å². The van der Waals surface area contributed by atoms with Crippen LogP contribution < -0.4 is 0 Å². The Morgan fingerprint density at radius 3 is 2.57 bits per heavy atom. The third-order valence-corrected chi connectivity index (χ3v) is 3.49. The van der Waals surface area contributed by atoms with Crippen LogP contribution in [0.5, 0.6) is 0 Å². The van der Waals surface area contributed by atoms with Gasteiger partial charge in [0, 0.05) is 12.5 Å². The van der Waals surface area contributed by atoms with E-state index in [0.717, 1.165) is 0 Å². The van der Waals surface area contributed by atoms with Crippen molar-refractivity contribution < 1.29 is 19.1 Å². The van der Waals surface area contributed by atoms with Gasteiger partial charge in [-0.3, -0.25) is 4.90 Å². The van der Waals surface area contributed by atoms with E-state index in [0.29, 0.717) is 12.0 Å². The first-order chi connectivity index (χ1) is 10.1. The molecule has 0 spiro atoms. The van der Waals surface area contributed by atoms with Crippen molar-refractivity contribution in [2.75, 3.05) is 7.11 Å². The summed E-state index contributed by atoms with van der Waals surface area (Å²) in [4.78, 5) is 25.1. The number of rotatable bonds is 2. The summed E-state index contributed by atoms with van der Waals surface area (Å²) in [6.07, 6.45) is -0.838. The van der Waals surface area contributed by atoms with Gasteiger partial charge in [0.1, 0.15) is 6.10 Å². The number of methoxy groups -OCH3 is 1. The molecular weight excluding hydrogens is 272 g/mol. The zero-order chi connectivity index (χ0) is 15.4. The average molecular weight is 288 g/mol. The molecule has 6 heteroatoms. The molecule has 1 aliphatic heterocycles. The Hall–Kier alpha value is -2.55. The summed E-state index contributed by atoms with van der Waals surface area (Å²) in [7, 11) is 1.26. The van der Waals surface area contributed by atoms with Crippen LogP contribution in [0.25, 0.3) is 0 Å². The number of hydrogen-bond donors (Lipinski definition) is 0. The molecule has 3 atom stereocenters. The monoisotopic (exact) mass is 288 g/mol. The molecule has 1 saturated heterocycles. The van der Waals surface area contributed by atoms with Gasteiger partial charge in [0.25, 0.3) is 0 Å². The Morgan fingerprint density at radius 1 is 1.33 bits per heavy atom. The molecule has 1 aromatic rings. The molecule has 0 bridgehead atoms. The average Bonchev–Trinajstić information content (AvgIpc) is 2.82. The van der Waals surface area contributed by atoms with Crippen LogP contribution in [-0.2, 0) is 9.47 Å². The fourth-order valence-corrected chi connectivity index (χ4v) is 2.47. The van der Waals surface area contributed by atoms with E-state index in [2.05, 4.69) is 4.74 Å². The van der Waals surface area contributed by atoms with Gasteiger partial charge in [0.05, 0.1) is 18.7 Å². The molecule has 1 aromatic carbocycles. The zero-order valence-corrected chi connectivity index (χ0v) is 11.9. The van der Waals surface area contributed by atoms with E-state index in [4.69, 9.17) is 4.74 Å². The number of esters is 1. The summed E-state index contributed by atoms with van der Waals surface area (Å²) in [6, 6.07) is 9.50. The largest absolute Gasteiger partial charge is 0.455 e. The van der Waals surface area contributed by atoms with Crippen molar-refractivity contribution >= 4 is 12.1 Å². The molecule has 1 aliphatic rings. The molecule has 6 nitrogen and oxygen atoms in total. The maximum absolute atomic E-state index is 12.0. The molecule has 0 N–H and O–H groups in total. The second-order valence-corrected chi connectivity index (χ2v) is 4.85. The minimum absolute atomic E-state index is 0.226. The van der Waals surface area contributed by atoms with Crippen molar-refractivity contribution in [3.8, 4) is 6.07 Å². The first-order valence-electron chi connectivity index (χ1n) is 6.60. The number of benzene rings is 1. The maximum atomic E-state index is 12.0. The number of hydrogen-bond acceptors (Lipinski definition) is 5. The number of carbonyl (C=O) groups excluding carboxylic acids is 2. The van der Waals surface area contributed by atoms with Gasteiger partial charge in [0.2, 0.25) is 0 Å². The minimum atomic E-state index is -0.833. The van der Waals surface area contributed by atoms with E-state index in [-0.39, 0.29) is 6.04 Å². The Labute approximate surface area is 122 Å². The SMILES string of the molecule is COC(=O)N1[C@H](C)C[C@@H](OC(=O)c2ccccc2)[C@@H]1C#N. The molecule has 0 unspecified atom stereocenters. The third kappa shape index (κ3) is 2.97. The van der Waals surface area contributed by atoms with Gasteiger partial charge in [-0.25, -0.2) is 9.59 Å². The highest BCUT2D eigenvalue weighted by molar-refractivity contribution is 5.89. The van der Waals surface area contributed by atoms with E-state index >= 15 is 0 Å². The van der Waals surface area contributed by atoms with Crippen LogP contribution in [0.3, 0.4) is 0 Å². The van der Waals surface area contributed by atoms with E-state index in [1.807, 2.05) is 6.07 Å². The highest BCUT2D eigenvalue weighted by Gasteiger charge is 2.45. The number of amides is 1. The summed E-state index contributed by atoms with van der Waals surface area (Å²) in [5.74, 6) is -0.500. The van der Waals surface area contributed by atoms with Crippen LogP contribution in [0.4, 0.5) is 4.79 Å². The van der Waals surface area contributed by atoms with Crippen molar-refractivity contribution in [2.24, 2.45) is 0 Å². The molecule has 1 heterocycles. The summed E-state index contributed by atoms with van der Waals surface area (Å²) >= 11 is 0. The van der Waals surface area contributed by atoms with E-state index < -0.39 is 24.2 Å². The Bertz CT molecular complexity index is 567. The lowest BCUT2D eigenvalue weighted by Gasteiger charge is -2.23. The van der Waals surface area contributed by atoms with Crippen LogP contribution in [-0.4, -0.2) is 42.3 Å². The lowest BCUT2D eigenvalue weighted by atomic mass is 10.1. The summed E-state index contributed by atoms with van der Waals surface area (Å²) in [5, 5.41) is 9.26. The van der Waals surface area contributed by atoms with Gasteiger partial charge in [-0.2, -0.15) is 5.26 Å². The molecule has 110 valence electrons. The van der Waals surface area contributed by atoms with E-state index in [9.17, 15) is 14.9 Å². The highest BCUT2D eigenvalue weighted by Crippen LogP contribution is 2.28. The highest BCUT2D eigenvalue weighted by atomic mass is 16.6. The maximum Gasteiger partial charge on any atom is 0.410 e. The molecule has 1 fully saturated rings. The Balaban J connectivity index is 2.12. The quantitative estimate of drug-likeness (QED) is 0.777. The van der Waals surface area contributed by atoms with Crippen LogP contribution in [0.2, 0.25) is 0 Å². The number of carbonyl (C=O) groups is 2. The molecule has 0 radical (unpaired) electrons. The molecule has 0 aliphatic carbocycles. The Kier molecular flexibility index (Phi) is 4.43. The van der Waals surface area contributed by atoms with Gasteiger partial charge in [-0.1, -0.05) is 18.2 Å². The van der Waals surface area contributed by atoms with E-state index in [1.54, 1.807) is 37.3 Å². The fraction of sp³-hybridized carbons (Fsp3) is 0.400. The van der Waals surface area contributed by atoms with E-state index in [1.165, 1.54) is 12.0 Å². The first kappa shape index (κ1) is 14.9. The van der Waals surface area contributed by atoms with Crippen LogP contribution in [0, 0.1) is 11.3 Å². The number of nitriles is 1. The van der Waals surface area contributed by atoms with Crippen LogP contribution in [0.1, 0.15) is 23.7 Å². The van der Waals surface area contributed by atoms with Crippen molar-refractivity contribution in [1.29, 1.82) is 5.26 Å². The predicted molar refractivity (Wildman–Crippen MR) is 73.4 cm³/mol. The van der Waals surface area contributed by atoms with Gasteiger partial charge in [-0.05, 0) is 19.1 Å². The van der Waals surface area contributed by atoms with Crippen LogP contribution >= 0.6 is 0 Å². The van der Waals surface area contributed by atoms with Gasteiger partial charge >= 0.3 is 12.1 Å². The molecule has 21 heavy (non-hydrogen) atoms. The van der Waals surface area contributed by atoms with Crippen molar-refractivity contribution in [2.45, 2.75) is 31.5 Å². The van der Waals surface area contributed by atoms with Gasteiger partial charge in [-0.15, -0.1) is 0 Å². The lowest BCUT2D eigenvalue weighted by Crippen LogP contribution is -2.42. The fourth-order valence-electron chi connectivity index (χ4n) is 2.47. The number of ether oxygens (including phenoxy) is 2. The zero-order valence-electron chi connectivity index (χ0n) is 11.9. The van der Waals surface area contributed by atoms with Crippen LogP contribution in [0.15, 0.2) is 30.3 Å².